The monoisotopic (exact) mass is 315 g/mol. The van der Waals surface area contributed by atoms with Gasteiger partial charge in [-0.15, -0.1) is 0 Å². The van der Waals surface area contributed by atoms with E-state index in [4.69, 9.17) is 0 Å². The number of carbonyl (C=O) groups excluding carboxylic acids is 1. The molecule has 0 aromatic heterocycles. The molecule has 1 N–H and O–H groups in total. The highest BCUT2D eigenvalue weighted by atomic mass is 79.9. The third kappa shape index (κ3) is 6.13. The van der Waals surface area contributed by atoms with E-state index in [0.717, 1.165) is 23.0 Å². The molecule has 1 aromatic carbocycles. The van der Waals surface area contributed by atoms with Gasteiger partial charge < -0.3 is 5.32 Å². The van der Waals surface area contributed by atoms with E-state index in [1.54, 1.807) is 0 Å². The Hall–Kier alpha value is -0.480. The van der Waals surface area contributed by atoms with Crippen molar-refractivity contribution in [3.05, 3.63) is 34.3 Å². The van der Waals surface area contributed by atoms with Crippen LogP contribution in [0.25, 0.3) is 0 Å². The minimum atomic E-state index is 0.0161. The maximum absolute atomic E-state index is 11.7. The SMILES string of the molecule is CSCCCCCNC(=O)c1ccc(Br)cc1. The zero-order chi connectivity index (χ0) is 12.5. The molecule has 2 nitrogen and oxygen atoms in total. The molecule has 1 rings (SSSR count). The molecule has 0 bridgehead atoms. The molecule has 0 atom stereocenters. The summed E-state index contributed by atoms with van der Waals surface area (Å²) < 4.78 is 0.992. The van der Waals surface area contributed by atoms with Crippen LogP contribution in [-0.4, -0.2) is 24.5 Å². The maximum Gasteiger partial charge on any atom is 0.251 e. The normalized spacial score (nSPS) is 10.2. The predicted octanol–water partition coefficient (Wildman–Crippen LogP) is 3.71. The van der Waals surface area contributed by atoms with Crippen molar-refractivity contribution in [2.75, 3.05) is 18.6 Å². The molecule has 17 heavy (non-hydrogen) atoms. The first-order valence-corrected chi connectivity index (χ1v) is 7.95. The van der Waals surface area contributed by atoms with Gasteiger partial charge in [-0.05, 0) is 49.1 Å². The van der Waals surface area contributed by atoms with Crippen LogP contribution in [-0.2, 0) is 0 Å². The summed E-state index contributed by atoms with van der Waals surface area (Å²) in [4.78, 5) is 11.7. The number of carbonyl (C=O) groups is 1. The molecule has 1 amide bonds. The lowest BCUT2D eigenvalue weighted by Gasteiger charge is -2.05. The number of hydrogen-bond acceptors (Lipinski definition) is 2. The quantitative estimate of drug-likeness (QED) is 0.777. The first-order chi connectivity index (χ1) is 8.24. The zero-order valence-corrected chi connectivity index (χ0v) is 12.4. The number of benzene rings is 1. The van der Waals surface area contributed by atoms with Gasteiger partial charge in [0.1, 0.15) is 0 Å². The Balaban J connectivity index is 2.19. The third-order valence-corrected chi connectivity index (χ3v) is 3.64. The molecule has 1 aromatic rings. The molecule has 0 unspecified atom stereocenters. The Morgan fingerprint density at radius 3 is 2.59 bits per heavy atom. The number of hydrogen-bond donors (Lipinski definition) is 1. The molecule has 0 saturated carbocycles. The van der Waals surface area contributed by atoms with Crippen molar-refractivity contribution in [3.8, 4) is 0 Å². The van der Waals surface area contributed by atoms with E-state index in [2.05, 4.69) is 27.5 Å². The van der Waals surface area contributed by atoms with Crippen LogP contribution in [0.4, 0.5) is 0 Å². The number of nitrogens with one attached hydrogen (secondary N) is 1. The first-order valence-electron chi connectivity index (χ1n) is 5.76. The minimum Gasteiger partial charge on any atom is -0.352 e. The van der Waals surface area contributed by atoms with Gasteiger partial charge in [-0.3, -0.25) is 4.79 Å². The van der Waals surface area contributed by atoms with Gasteiger partial charge in [-0.2, -0.15) is 11.8 Å². The highest BCUT2D eigenvalue weighted by Crippen LogP contribution is 2.10. The lowest BCUT2D eigenvalue weighted by molar-refractivity contribution is 0.0953. The molecule has 0 aliphatic carbocycles. The van der Waals surface area contributed by atoms with Crippen LogP contribution < -0.4 is 5.32 Å². The Kier molecular flexibility index (Phi) is 7.37. The molecular formula is C13H18BrNOS. The van der Waals surface area contributed by atoms with Gasteiger partial charge in [0.15, 0.2) is 0 Å². The van der Waals surface area contributed by atoms with Crippen molar-refractivity contribution in [1.82, 2.24) is 5.32 Å². The van der Waals surface area contributed by atoms with Crippen LogP contribution in [0, 0.1) is 0 Å². The molecule has 4 heteroatoms. The summed E-state index contributed by atoms with van der Waals surface area (Å²) in [6.07, 6.45) is 5.59. The molecule has 0 spiro atoms. The van der Waals surface area contributed by atoms with Crippen LogP contribution in [0.5, 0.6) is 0 Å². The van der Waals surface area contributed by atoms with Crippen LogP contribution in [0.15, 0.2) is 28.7 Å². The van der Waals surface area contributed by atoms with E-state index >= 15 is 0 Å². The van der Waals surface area contributed by atoms with E-state index in [1.165, 1.54) is 18.6 Å². The number of unbranched alkanes of at least 4 members (excludes halogenated alkanes) is 2. The summed E-state index contributed by atoms with van der Waals surface area (Å²) in [5, 5.41) is 2.93. The summed E-state index contributed by atoms with van der Waals surface area (Å²) in [7, 11) is 0. The van der Waals surface area contributed by atoms with Crippen molar-refractivity contribution in [1.29, 1.82) is 0 Å². The molecule has 0 saturated heterocycles. The van der Waals surface area contributed by atoms with Crippen molar-refractivity contribution < 1.29 is 4.79 Å². The third-order valence-electron chi connectivity index (χ3n) is 2.42. The molecule has 0 aliphatic heterocycles. The van der Waals surface area contributed by atoms with E-state index < -0.39 is 0 Å². The summed E-state index contributed by atoms with van der Waals surface area (Å²) in [6.45, 7) is 0.767. The van der Waals surface area contributed by atoms with E-state index in [9.17, 15) is 4.79 Å². The zero-order valence-electron chi connectivity index (χ0n) is 10.0. The molecule has 0 heterocycles. The van der Waals surface area contributed by atoms with Crippen molar-refractivity contribution in [2.45, 2.75) is 19.3 Å². The van der Waals surface area contributed by atoms with Crippen LogP contribution in [0.1, 0.15) is 29.6 Å². The van der Waals surface area contributed by atoms with Gasteiger partial charge in [0.05, 0.1) is 0 Å². The lowest BCUT2D eigenvalue weighted by Crippen LogP contribution is -2.24. The Labute approximate surface area is 116 Å². The van der Waals surface area contributed by atoms with Gasteiger partial charge in [-0.25, -0.2) is 0 Å². The standard InChI is InChI=1S/C13H18BrNOS/c1-17-10-4-2-3-9-15-13(16)11-5-7-12(14)8-6-11/h5-8H,2-4,9-10H2,1H3,(H,15,16). The van der Waals surface area contributed by atoms with Gasteiger partial charge in [0, 0.05) is 16.6 Å². The second-order valence-corrected chi connectivity index (χ2v) is 5.72. The maximum atomic E-state index is 11.7. The minimum absolute atomic E-state index is 0.0161. The second-order valence-electron chi connectivity index (χ2n) is 3.82. The van der Waals surface area contributed by atoms with E-state index in [1.807, 2.05) is 36.0 Å². The van der Waals surface area contributed by atoms with Crippen molar-refractivity contribution >= 4 is 33.6 Å². The molecule has 0 aliphatic rings. The van der Waals surface area contributed by atoms with Crippen LogP contribution >= 0.6 is 27.7 Å². The van der Waals surface area contributed by atoms with E-state index in [0.29, 0.717) is 0 Å². The highest BCUT2D eigenvalue weighted by Gasteiger charge is 2.03. The van der Waals surface area contributed by atoms with Gasteiger partial charge in [-0.1, -0.05) is 22.4 Å². The lowest BCUT2D eigenvalue weighted by atomic mass is 10.2. The Morgan fingerprint density at radius 2 is 1.94 bits per heavy atom. The van der Waals surface area contributed by atoms with Crippen LogP contribution in [0.3, 0.4) is 0 Å². The molecule has 0 radical (unpaired) electrons. The Bertz CT molecular complexity index is 340. The number of amides is 1. The van der Waals surface area contributed by atoms with Crippen LogP contribution in [0.2, 0.25) is 0 Å². The fraction of sp³-hybridized carbons (Fsp3) is 0.462. The Morgan fingerprint density at radius 1 is 1.24 bits per heavy atom. The van der Waals surface area contributed by atoms with Crippen molar-refractivity contribution in [3.63, 3.8) is 0 Å². The number of halogens is 1. The fourth-order valence-corrected chi connectivity index (χ4v) is 2.21. The van der Waals surface area contributed by atoms with Gasteiger partial charge >= 0.3 is 0 Å². The van der Waals surface area contributed by atoms with Crippen molar-refractivity contribution in [2.24, 2.45) is 0 Å². The summed E-state index contributed by atoms with van der Waals surface area (Å²) >= 11 is 5.22. The number of rotatable bonds is 7. The molecular weight excluding hydrogens is 298 g/mol. The first kappa shape index (κ1) is 14.6. The smallest absolute Gasteiger partial charge is 0.251 e. The summed E-state index contributed by atoms with van der Waals surface area (Å²) in [6, 6.07) is 7.42. The summed E-state index contributed by atoms with van der Waals surface area (Å²) in [5.41, 5.74) is 0.720. The average Bonchev–Trinajstić information content (AvgIpc) is 2.34. The number of thioether (sulfide) groups is 1. The largest absolute Gasteiger partial charge is 0.352 e. The predicted molar refractivity (Wildman–Crippen MR) is 78.7 cm³/mol. The van der Waals surface area contributed by atoms with Gasteiger partial charge in [0.25, 0.3) is 5.91 Å². The molecule has 94 valence electrons. The average molecular weight is 316 g/mol. The van der Waals surface area contributed by atoms with E-state index in [-0.39, 0.29) is 5.91 Å². The second kappa shape index (κ2) is 8.59. The fourth-order valence-electron chi connectivity index (χ4n) is 1.45. The van der Waals surface area contributed by atoms with Gasteiger partial charge in [0.2, 0.25) is 0 Å². The molecule has 0 fully saturated rings. The summed E-state index contributed by atoms with van der Waals surface area (Å²) in [5.74, 6) is 1.23. The topological polar surface area (TPSA) is 29.1 Å². The highest BCUT2D eigenvalue weighted by molar-refractivity contribution is 9.10.